The van der Waals surface area contributed by atoms with Gasteiger partial charge in [0.15, 0.2) is 5.03 Å². The number of aryl methyl sites for hydroxylation is 2. The monoisotopic (exact) mass is 270 g/mol. The molecular weight excluding hydrogens is 256 g/mol. The van der Waals surface area contributed by atoms with Crippen molar-refractivity contribution in [1.82, 2.24) is 19.7 Å². The molecule has 0 unspecified atom stereocenters. The first kappa shape index (κ1) is 12.6. The van der Waals surface area contributed by atoms with Gasteiger partial charge in [0.2, 0.25) is 0 Å². The molecule has 98 valence electrons. The van der Waals surface area contributed by atoms with Crippen LogP contribution in [0.1, 0.15) is 11.4 Å². The zero-order chi connectivity index (χ0) is 13.3. The Kier molecular flexibility index (Phi) is 3.09. The number of aromatic amines is 1. The van der Waals surface area contributed by atoms with E-state index in [9.17, 15) is 8.42 Å². The molecule has 9 heteroatoms. The zero-order valence-electron chi connectivity index (χ0n) is 10.0. The summed E-state index contributed by atoms with van der Waals surface area (Å²) < 4.78 is 28.1. The third-order valence-electron chi connectivity index (χ3n) is 2.54. The highest BCUT2D eigenvalue weighted by molar-refractivity contribution is 7.92. The van der Waals surface area contributed by atoms with Crippen molar-refractivity contribution in [2.45, 2.75) is 18.5 Å². The lowest BCUT2D eigenvalue weighted by Crippen LogP contribution is -2.15. The summed E-state index contributed by atoms with van der Waals surface area (Å²) in [6, 6.07) is 0. The van der Waals surface area contributed by atoms with Crippen molar-refractivity contribution in [3.63, 3.8) is 0 Å². The number of hydrogen-bond acceptors (Lipinski definition) is 5. The highest BCUT2D eigenvalue weighted by atomic mass is 32.2. The molecule has 2 rings (SSSR count). The van der Waals surface area contributed by atoms with E-state index in [1.165, 1.54) is 12.4 Å². The van der Waals surface area contributed by atoms with E-state index in [2.05, 4.69) is 19.9 Å². The first-order valence-electron chi connectivity index (χ1n) is 5.19. The van der Waals surface area contributed by atoms with E-state index in [1.54, 1.807) is 18.5 Å². The van der Waals surface area contributed by atoms with Crippen LogP contribution in [0.3, 0.4) is 0 Å². The van der Waals surface area contributed by atoms with Gasteiger partial charge in [-0.05, 0) is 6.92 Å². The number of imidazole rings is 1. The molecule has 8 nitrogen and oxygen atoms in total. The summed E-state index contributed by atoms with van der Waals surface area (Å²) in [5.74, 6) is 0.875. The van der Waals surface area contributed by atoms with Crippen LogP contribution >= 0.6 is 0 Å². The van der Waals surface area contributed by atoms with Gasteiger partial charge in [-0.1, -0.05) is 0 Å². The second-order valence-corrected chi connectivity index (χ2v) is 5.45. The standard InChI is InChI=1S/C9H14N6O2S/c1-6-12-8(5-15(6)2)18(16,17)14-9-7(3-10)4-11-13-9/h4-5H,3,10H2,1-2H3,(H2,11,13,14). The molecule has 0 atom stereocenters. The predicted octanol–water partition coefficient (Wildman–Crippen LogP) is -0.289. The molecule has 0 saturated heterocycles. The number of sulfonamides is 1. The van der Waals surface area contributed by atoms with Gasteiger partial charge in [-0.2, -0.15) is 13.5 Å². The van der Waals surface area contributed by atoms with Gasteiger partial charge in [-0.3, -0.25) is 9.82 Å². The molecule has 0 fully saturated rings. The molecule has 2 aromatic heterocycles. The third kappa shape index (κ3) is 2.22. The number of aromatic nitrogens is 4. The van der Waals surface area contributed by atoms with E-state index in [1.807, 2.05) is 0 Å². The SMILES string of the molecule is Cc1nc(S(=O)(=O)Nc2[nH]ncc2CN)cn1C. The van der Waals surface area contributed by atoms with Gasteiger partial charge < -0.3 is 10.3 Å². The third-order valence-corrected chi connectivity index (χ3v) is 3.76. The van der Waals surface area contributed by atoms with E-state index in [4.69, 9.17) is 5.73 Å². The summed E-state index contributed by atoms with van der Waals surface area (Å²) in [6.45, 7) is 1.91. The van der Waals surface area contributed by atoms with E-state index in [0.29, 0.717) is 11.4 Å². The molecular formula is C9H14N6O2S. The highest BCUT2D eigenvalue weighted by Gasteiger charge is 2.20. The van der Waals surface area contributed by atoms with Crippen LogP contribution in [-0.2, 0) is 23.6 Å². The fraction of sp³-hybridized carbons (Fsp3) is 0.333. The highest BCUT2D eigenvalue weighted by Crippen LogP contribution is 2.16. The van der Waals surface area contributed by atoms with E-state index < -0.39 is 10.0 Å². The second kappa shape index (κ2) is 4.42. The van der Waals surface area contributed by atoms with Crippen molar-refractivity contribution in [3.8, 4) is 0 Å². The number of nitrogens with zero attached hydrogens (tertiary/aromatic N) is 3. The van der Waals surface area contributed by atoms with Crippen LogP contribution < -0.4 is 10.5 Å². The molecule has 18 heavy (non-hydrogen) atoms. The maximum atomic E-state index is 12.1. The Balaban J connectivity index is 2.33. The minimum atomic E-state index is -3.73. The Morgan fingerprint density at radius 3 is 2.83 bits per heavy atom. The van der Waals surface area contributed by atoms with Crippen molar-refractivity contribution in [1.29, 1.82) is 0 Å². The molecule has 0 aliphatic carbocycles. The quantitative estimate of drug-likeness (QED) is 0.705. The lowest BCUT2D eigenvalue weighted by molar-refractivity contribution is 0.597. The Morgan fingerprint density at radius 2 is 2.28 bits per heavy atom. The first-order chi connectivity index (χ1) is 8.44. The van der Waals surface area contributed by atoms with Gasteiger partial charge >= 0.3 is 0 Å². The Labute approximate surface area is 104 Å². The topological polar surface area (TPSA) is 119 Å². The lowest BCUT2D eigenvalue weighted by Gasteiger charge is -2.04. The summed E-state index contributed by atoms with van der Waals surface area (Å²) in [7, 11) is -2.00. The van der Waals surface area contributed by atoms with Gasteiger partial charge in [0.25, 0.3) is 10.0 Å². The van der Waals surface area contributed by atoms with Crippen LogP contribution in [0.4, 0.5) is 5.82 Å². The average molecular weight is 270 g/mol. The van der Waals surface area contributed by atoms with Crippen LogP contribution in [-0.4, -0.2) is 28.2 Å². The number of nitrogens with two attached hydrogens (primary N) is 1. The summed E-state index contributed by atoms with van der Waals surface area (Å²) >= 11 is 0. The minimum absolute atomic E-state index is 0.0416. The van der Waals surface area contributed by atoms with Crippen LogP contribution in [0.2, 0.25) is 0 Å². The van der Waals surface area contributed by atoms with Gasteiger partial charge in [-0.15, -0.1) is 0 Å². The summed E-state index contributed by atoms with van der Waals surface area (Å²) in [6.07, 6.45) is 2.91. The van der Waals surface area contributed by atoms with Crippen LogP contribution in [0, 0.1) is 6.92 Å². The van der Waals surface area contributed by atoms with E-state index in [0.717, 1.165) is 0 Å². The Morgan fingerprint density at radius 1 is 1.56 bits per heavy atom. The van der Waals surface area contributed by atoms with Crippen molar-refractivity contribution < 1.29 is 8.42 Å². The van der Waals surface area contributed by atoms with Crippen molar-refractivity contribution >= 4 is 15.8 Å². The summed E-state index contributed by atoms with van der Waals surface area (Å²) in [5, 5.41) is 6.24. The smallest absolute Gasteiger partial charge is 0.282 e. The van der Waals surface area contributed by atoms with Gasteiger partial charge in [-0.25, -0.2) is 4.98 Å². The first-order valence-corrected chi connectivity index (χ1v) is 6.67. The van der Waals surface area contributed by atoms with Gasteiger partial charge in [0.1, 0.15) is 11.6 Å². The molecule has 0 aromatic carbocycles. The summed E-state index contributed by atoms with van der Waals surface area (Å²) in [4.78, 5) is 3.96. The normalized spacial score (nSPS) is 11.7. The molecule has 0 amide bonds. The molecule has 0 aliphatic heterocycles. The summed E-state index contributed by atoms with van der Waals surface area (Å²) in [5.41, 5.74) is 6.06. The fourth-order valence-corrected chi connectivity index (χ4v) is 2.50. The molecule has 0 spiro atoms. The van der Waals surface area contributed by atoms with Crippen molar-refractivity contribution in [2.75, 3.05) is 4.72 Å². The molecule has 4 N–H and O–H groups in total. The lowest BCUT2D eigenvalue weighted by atomic mass is 10.3. The predicted molar refractivity (Wildman–Crippen MR) is 65.2 cm³/mol. The number of anilines is 1. The number of H-pyrrole nitrogens is 1. The largest absolute Gasteiger partial charge is 0.337 e. The number of nitrogens with one attached hydrogen (secondary N) is 2. The van der Waals surface area contributed by atoms with E-state index in [-0.39, 0.29) is 17.4 Å². The molecule has 2 heterocycles. The van der Waals surface area contributed by atoms with Crippen LogP contribution in [0.15, 0.2) is 17.4 Å². The molecule has 0 bridgehead atoms. The maximum Gasteiger partial charge on any atom is 0.282 e. The zero-order valence-corrected chi connectivity index (χ0v) is 10.8. The Bertz CT molecular complexity index is 637. The van der Waals surface area contributed by atoms with Gasteiger partial charge in [0.05, 0.1) is 6.20 Å². The number of hydrogen-bond donors (Lipinski definition) is 3. The van der Waals surface area contributed by atoms with Crippen molar-refractivity contribution in [3.05, 3.63) is 23.8 Å². The molecule has 0 saturated carbocycles. The van der Waals surface area contributed by atoms with Crippen LogP contribution in [0.25, 0.3) is 0 Å². The average Bonchev–Trinajstić information content (AvgIpc) is 2.86. The van der Waals surface area contributed by atoms with Crippen molar-refractivity contribution in [2.24, 2.45) is 12.8 Å². The van der Waals surface area contributed by atoms with Gasteiger partial charge in [0, 0.05) is 25.4 Å². The molecule has 0 aliphatic rings. The van der Waals surface area contributed by atoms with Crippen LogP contribution in [0.5, 0.6) is 0 Å². The number of rotatable bonds is 4. The van der Waals surface area contributed by atoms with E-state index >= 15 is 0 Å². The fourth-order valence-electron chi connectivity index (χ4n) is 1.40. The Hall–Kier alpha value is -1.87. The maximum absolute atomic E-state index is 12.1. The molecule has 0 radical (unpaired) electrons. The molecule has 2 aromatic rings. The second-order valence-electron chi connectivity index (χ2n) is 3.82. The minimum Gasteiger partial charge on any atom is -0.337 e.